The van der Waals surface area contributed by atoms with E-state index >= 15 is 0 Å². The third-order valence-corrected chi connectivity index (χ3v) is 5.23. The van der Waals surface area contributed by atoms with Crippen molar-refractivity contribution in [3.8, 4) is 16.9 Å². The topological polar surface area (TPSA) is 88.5 Å². The number of carboxylic acid groups (broad SMARTS) is 1. The second-order valence-corrected chi connectivity index (χ2v) is 6.99. The Labute approximate surface area is 172 Å². The van der Waals surface area contributed by atoms with Gasteiger partial charge in [0.2, 0.25) is 0 Å². The summed E-state index contributed by atoms with van der Waals surface area (Å²) < 4.78 is 30.8. The summed E-state index contributed by atoms with van der Waals surface area (Å²) in [6, 6.07) is 7.81. The molecule has 1 saturated heterocycles. The molecule has 0 atom stereocenters. The number of carbonyl (C=O) groups is 2. The largest absolute Gasteiger partial charge is 0.472 e. The molecule has 0 unspecified atom stereocenters. The monoisotopic (exact) mass is 416 g/mol. The SMILES string of the molecule is COC(=O)c1ccc(-c2c(F)ccc3c2OCN(C(=O)O)C3)cc1N1CCOCC1. The summed E-state index contributed by atoms with van der Waals surface area (Å²) in [5, 5.41) is 9.20. The van der Waals surface area contributed by atoms with Gasteiger partial charge in [-0.1, -0.05) is 12.1 Å². The standard InChI is InChI=1S/C21H21FN2O6/c1-28-20(25)15-4-2-13(10-17(15)23-6-8-29-9-7-23)18-16(22)5-3-14-11-24(21(26)27)12-30-19(14)18/h2-5,10H,6-9,11-12H2,1H3,(H,26,27). The predicted octanol–water partition coefficient (Wildman–Crippen LogP) is 2.95. The van der Waals surface area contributed by atoms with Crippen LogP contribution >= 0.6 is 0 Å². The predicted molar refractivity (Wildman–Crippen MR) is 105 cm³/mol. The van der Waals surface area contributed by atoms with Crippen LogP contribution in [0.4, 0.5) is 14.9 Å². The Kier molecular flexibility index (Phi) is 5.45. The third kappa shape index (κ3) is 3.63. The van der Waals surface area contributed by atoms with Crippen molar-refractivity contribution in [1.82, 2.24) is 4.90 Å². The van der Waals surface area contributed by atoms with Crippen LogP contribution < -0.4 is 9.64 Å². The molecule has 1 fully saturated rings. The van der Waals surface area contributed by atoms with Gasteiger partial charge in [0.1, 0.15) is 11.6 Å². The molecular weight excluding hydrogens is 395 g/mol. The van der Waals surface area contributed by atoms with Gasteiger partial charge in [-0.15, -0.1) is 0 Å². The average molecular weight is 416 g/mol. The van der Waals surface area contributed by atoms with E-state index in [4.69, 9.17) is 14.2 Å². The Balaban J connectivity index is 1.80. The Hall–Kier alpha value is -3.33. The number of benzene rings is 2. The van der Waals surface area contributed by atoms with E-state index in [0.717, 1.165) is 4.90 Å². The van der Waals surface area contributed by atoms with Crippen LogP contribution in [-0.4, -0.2) is 62.2 Å². The van der Waals surface area contributed by atoms with Crippen LogP contribution in [0.1, 0.15) is 15.9 Å². The Morgan fingerprint density at radius 2 is 1.93 bits per heavy atom. The fourth-order valence-electron chi connectivity index (χ4n) is 3.71. The highest BCUT2D eigenvalue weighted by Gasteiger charge is 2.27. The second-order valence-electron chi connectivity index (χ2n) is 6.99. The number of halogens is 1. The number of fused-ring (bicyclic) bond motifs is 1. The van der Waals surface area contributed by atoms with Gasteiger partial charge >= 0.3 is 12.1 Å². The first-order valence-corrected chi connectivity index (χ1v) is 9.47. The van der Waals surface area contributed by atoms with Gasteiger partial charge in [-0.2, -0.15) is 0 Å². The summed E-state index contributed by atoms with van der Waals surface area (Å²) in [5.41, 5.74) is 2.35. The lowest BCUT2D eigenvalue weighted by molar-refractivity contribution is 0.0600. The number of amides is 1. The molecule has 0 aromatic heterocycles. The maximum absolute atomic E-state index is 14.9. The van der Waals surface area contributed by atoms with Crippen LogP contribution in [0.2, 0.25) is 0 Å². The molecule has 0 saturated carbocycles. The molecule has 0 aliphatic carbocycles. The number of rotatable bonds is 3. The van der Waals surface area contributed by atoms with E-state index in [1.807, 2.05) is 4.90 Å². The number of hydrogen-bond donors (Lipinski definition) is 1. The molecule has 1 N–H and O–H groups in total. The average Bonchev–Trinajstić information content (AvgIpc) is 2.78. The van der Waals surface area contributed by atoms with Crippen molar-refractivity contribution in [2.45, 2.75) is 6.54 Å². The van der Waals surface area contributed by atoms with E-state index in [-0.39, 0.29) is 18.8 Å². The molecule has 2 aliphatic rings. The van der Waals surface area contributed by atoms with Crippen LogP contribution in [0.15, 0.2) is 30.3 Å². The first-order chi connectivity index (χ1) is 14.5. The maximum Gasteiger partial charge on any atom is 0.410 e. The molecule has 158 valence electrons. The van der Waals surface area contributed by atoms with Gasteiger partial charge in [-0.3, -0.25) is 4.90 Å². The van der Waals surface area contributed by atoms with Crippen molar-refractivity contribution < 1.29 is 33.3 Å². The normalized spacial score (nSPS) is 15.9. The number of esters is 1. The molecule has 0 radical (unpaired) electrons. The second kappa shape index (κ2) is 8.19. The molecule has 8 nitrogen and oxygen atoms in total. The van der Waals surface area contributed by atoms with Gasteiger partial charge in [-0.05, 0) is 23.8 Å². The zero-order chi connectivity index (χ0) is 21.3. The summed E-state index contributed by atoms with van der Waals surface area (Å²) in [5.74, 6) is -0.658. The number of ether oxygens (including phenoxy) is 3. The highest BCUT2D eigenvalue weighted by molar-refractivity contribution is 5.97. The highest BCUT2D eigenvalue weighted by atomic mass is 19.1. The lowest BCUT2D eigenvalue weighted by Crippen LogP contribution is -2.37. The van der Waals surface area contributed by atoms with Crippen LogP contribution in [0.5, 0.6) is 5.75 Å². The van der Waals surface area contributed by atoms with Gasteiger partial charge in [0.05, 0.1) is 43.7 Å². The summed E-state index contributed by atoms with van der Waals surface area (Å²) in [7, 11) is 1.31. The number of methoxy groups -OCH3 is 1. The summed E-state index contributed by atoms with van der Waals surface area (Å²) >= 11 is 0. The van der Waals surface area contributed by atoms with Crippen LogP contribution in [0.25, 0.3) is 11.1 Å². The zero-order valence-corrected chi connectivity index (χ0v) is 16.4. The van der Waals surface area contributed by atoms with Gasteiger partial charge in [0, 0.05) is 18.7 Å². The first kappa shape index (κ1) is 20.0. The Bertz CT molecular complexity index is 990. The van der Waals surface area contributed by atoms with E-state index < -0.39 is 17.9 Å². The van der Waals surface area contributed by atoms with Gasteiger partial charge in [-0.25, -0.2) is 14.0 Å². The quantitative estimate of drug-likeness (QED) is 0.770. The van der Waals surface area contributed by atoms with Crippen molar-refractivity contribution in [2.24, 2.45) is 0 Å². The highest BCUT2D eigenvalue weighted by Crippen LogP contribution is 2.40. The minimum absolute atomic E-state index is 0.106. The molecule has 2 aromatic carbocycles. The van der Waals surface area contributed by atoms with Crippen LogP contribution in [0, 0.1) is 5.82 Å². The third-order valence-electron chi connectivity index (χ3n) is 5.23. The smallest absolute Gasteiger partial charge is 0.410 e. The minimum Gasteiger partial charge on any atom is -0.472 e. The number of carbonyl (C=O) groups excluding carboxylic acids is 1. The van der Waals surface area contributed by atoms with Crippen molar-refractivity contribution in [2.75, 3.05) is 45.0 Å². The van der Waals surface area contributed by atoms with Crippen molar-refractivity contribution in [1.29, 1.82) is 0 Å². The lowest BCUT2D eigenvalue weighted by atomic mass is 9.97. The van der Waals surface area contributed by atoms with Gasteiger partial charge in [0.25, 0.3) is 0 Å². The van der Waals surface area contributed by atoms with E-state index in [1.165, 1.54) is 19.2 Å². The fraction of sp³-hybridized carbons (Fsp3) is 0.333. The maximum atomic E-state index is 14.9. The molecular formula is C21H21FN2O6. The number of morpholine rings is 1. The molecule has 0 bridgehead atoms. The molecule has 0 spiro atoms. The van der Waals surface area contributed by atoms with Gasteiger partial charge in [0.15, 0.2) is 6.73 Å². The van der Waals surface area contributed by atoms with E-state index in [0.29, 0.717) is 54.4 Å². The number of anilines is 1. The van der Waals surface area contributed by atoms with Crippen LogP contribution in [-0.2, 0) is 16.0 Å². The van der Waals surface area contributed by atoms with Crippen LogP contribution in [0.3, 0.4) is 0 Å². The Morgan fingerprint density at radius 1 is 1.17 bits per heavy atom. The van der Waals surface area contributed by atoms with Crippen molar-refractivity contribution >= 4 is 17.7 Å². The summed E-state index contributed by atoms with van der Waals surface area (Å²) in [6.07, 6.45) is -1.11. The molecule has 2 aliphatic heterocycles. The zero-order valence-electron chi connectivity index (χ0n) is 16.4. The molecule has 30 heavy (non-hydrogen) atoms. The minimum atomic E-state index is -1.11. The summed E-state index contributed by atoms with van der Waals surface area (Å²) in [4.78, 5) is 26.6. The Morgan fingerprint density at radius 3 is 2.63 bits per heavy atom. The fourth-order valence-corrected chi connectivity index (χ4v) is 3.71. The van der Waals surface area contributed by atoms with Crippen molar-refractivity contribution in [3.05, 3.63) is 47.3 Å². The van der Waals surface area contributed by atoms with E-state index in [9.17, 15) is 19.1 Å². The number of hydrogen-bond acceptors (Lipinski definition) is 6. The first-order valence-electron chi connectivity index (χ1n) is 9.47. The molecule has 9 heteroatoms. The van der Waals surface area contributed by atoms with E-state index in [1.54, 1.807) is 18.2 Å². The molecule has 1 amide bonds. The summed E-state index contributed by atoms with van der Waals surface area (Å²) in [6.45, 7) is 2.14. The number of nitrogens with zero attached hydrogens (tertiary/aromatic N) is 2. The molecule has 2 aromatic rings. The van der Waals surface area contributed by atoms with Gasteiger partial charge < -0.3 is 24.2 Å². The molecule has 2 heterocycles. The lowest BCUT2D eigenvalue weighted by Gasteiger charge is -2.31. The van der Waals surface area contributed by atoms with E-state index in [2.05, 4.69) is 0 Å². The molecule has 4 rings (SSSR count). The van der Waals surface area contributed by atoms with Crippen molar-refractivity contribution in [3.63, 3.8) is 0 Å².